The van der Waals surface area contributed by atoms with Gasteiger partial charge in [-0.25, -0.2) is 14.8 Å². The Labute approximate surface area is 194 Å². The number of rotatable bonds is 4. The molecule has 0 bridgehead atoms. The van der Waals surface area contributed by atoms with Gasteiger partial charge in [0.25, 0.3) is 0 Å². The molecule has 0 radical (unpaired) electrons. The highest BCUT2D eigenvalue weighted by molar-refractivity contribution is 6.01. The molecular weight excluding hydrogens is 449 g/mol. The largest absolute Gasteiger partial charge is 0.453 e. The van der Waals surface area contributed by atoms with Gasteiger partial charge in [0.1, 0.15) is 5.56 Å². The third-order valence-corrected chi connectivity index (χ3v) is 5.92. The summed E-state index contributed by atoms with van der Waals surface area (Å²) in [6, 6.07) is 2.86. The lowest BCUT2D eigenvalue weighted by Crippen LogP contribution is -2.47. The number of benzene rings is 1. The van der Waals surface area contributed by atoms with Gasteiger partial charge in [0.2, 0.25) is 5.95 Å². The highest BCUT2D eigenvalue weighted by atomic mass is 19.4. The molecule has 0 saturated carbocycles. The van der Waals surface area contributed by atoms with Gasteiger partial charge in [0, 0.05) is 42.5 Å². The molecule has 182 valence electrons. The first-order valence-corrected chi connectivity index (χ1v) is 10.9. The number of carbonyl (C=O) groups is 1. The van der Waals surface area contributed by atoms with Crippen molar-refractivity contribution in [1.29, 1.82) is 0 Å². The number of carbonyl (C=O) groups excluding carboxylic acids is 1. The van der Waals surface area contributed by atoms with Gasteiger partial charge >= 0.3 is 12.3 Å². The number of anilines is 2. The van der Waals surface area contributed by atoms with E-state index in [0.29, 0.717) is 22.6 Å². The van der Waals surface area contributed by atoms with E-state index < -0.39 is 23.5 Å². The van der Waals surface area contributed by atoms with Crippen LogP contribution in [0.1, 0.15) is 31.4 Å². The minimum atomic E-state index is -4.72. The molecule has 34 heavy (non-hydrogen) atoms. The van der Waals surface area contributed by atoms with E-state index in [-0.39, 0.29) is 17.0 Å². The van der Waals surface area contributed by atoms with E-state index in [1.165, 1.54) is 18.3 Å². The van der Waals surface area contributed by atoms with Gasteiger partial charge in [-0.3, -0.25) is 5.32 Å². The fourth-order valence-corrected chi connectivity index (χ4v) is 4.42. The van der Waals surface area contributed by atoms with E-state index >= 15 is 0 Å². The number of nitrogens with zero attached hydrogens (tertiary/aromatic N) is 2. The van der Waals surface area contributed by atoms with Crippen LogP contribution < -0.4 is 16.0 Å². The molecule has 4 rings (SSSR count). The van der Waals surface area contributed by atoms with Gasteiger partial charge in [0.15, 0.2) is 0 Å². The van der Waals surface area contributed by atoms with Crippen LogP contribution >= 0.6 is 0 Å². The summed E-state index contributed by atoms with van der Waals surface area (Å²) < 4.78 is 46.3. The number of alkyl halides is 3. The maximum Gasteiger partial charge on any atom is 0.420 e. The lowest BCUT2D eigenvalue weighted by Gasteiger charge is -2.36. The molecule has 0 unspecified atom stereocenters. The van der Waals surface area contributed by atoms with Crippen molar-refractivity contribution in [1.82, 2.24) is 20.3 Å². The van der Waals surface area contributed by atoms with E-state index in [9.17, 15) is 18.0 Å². The molecule has 1 aliphatic rings. The summed E-state index contributed by atoms with van der Waals surface area (Å²) in [7, 11) is 1.09. The number of aryl methyl sites for hydroxylation is 1. The predicted molar refractivity (Wildman–Crippen MR) is 124 cm³/mol. The second-order valence-electron chi connectivity index (χ2n) is 9.29. The van der Waals surface area contributed by atoms with Crippen LogP contribution in [0.5, 0.6) is 0 Å². The molecule has 1 amide bonds. The quantitative estimate of drug-likeness (QED) is 0.426. The monoisotopic (exact) mass is 476 g/mol. The second kappa shape index (κ2) is 8.79. The number of hydrogen-bond donors (Lipinski definition) is 4. The van der Waals surface area contributed by atoms with Crippen molar-refractivity contribution in [3.05, 3.63) is 35.7 Å². The third kappa shape index (κ3) is 4.79. The zero-order valence-corrected chi connectivity index (χ0v) is 19.4. The van der Waals surface area contributed by atoms with Crippen molar-refractivity contribution in [3.8, 4) is 11.3 Å². The summed E-state index contributed by atoms with van der Waals surface area (Å²) in [5.74, 6) is 0.416. The van der Waals surface area contributed by atoms with Crippen LogP contribution in [0.3, 0.4) is 0 Å². The number of methoxy groups -OCH3 is 1. The highest BCUT2D eigenvalue weighted by Crippen LogP contribution is 2.42. The topological polar surface area (TPSA) is 104 Å². The molecule has 0 aliphatic carbocycles. The van der Waals surface area contributed by atoms with Crippen LogP contribution in [0.25, 0.3) is 22.2 Å². The molecule has 1 aromatic carbocycles. The molecule has 1 atom stereocenters. The van der Waals surface area contributed by atoms with Crippen molar-refractivity contribution in [3.63, 3.8) is 0 Å². The van der Waals surface area contributed by atoms with Crippen molar-refractivity contribution in [2.75, 3.05) is 30.8 Å². The summed E-state index contributed by atoms with van der Waals surface area (Å²) in [5, 5.41) is 9.22. The molecule has 1 saturated heterocycles. The number of fused-ring (bicyclic) bond motifs is 1. The Morgan fingerprint density at radius 1 is 1.29 bits per heavy atom. The van der Waals surface area contributed by atoms with Crippen molar-refractivity contribution < 1.29 is 22.7 Å². The van der Waals surface area contributed by atoms with E-state index in [1.54, 1.807) is 13.1 Å². The first kappa shape index (κ1) is 23.8. The number of halogens is 3. The number of piperidine rings is 1. The Bertz CT molecular complexity index is 1220. The molecule has 0 spiro atoms. The average molecular weight is 477 g/mol. The van der Waals surface area contributed by atoms with Gasteiger partial charge in [-0.15, -0.1) is 0 Å². The molecular formula is C23H27F3N6O2. The fourth-order valence-electron chi connectivity index (χ4n) is 4.42. The highest BCUT2D eigenvalue weighted by Gasteiger charge is 2.37. The van der Waals surface area contributed by atoms with E-state index in [2.05, 4.69) is 49.5 Å². The Morgan fingerprint density at radius 2 is 2.06 bits per heavy atom. The van der Waals surface area contributed by atoms with Crippen LogP contribution in [0, 0.1) is 12.3 Å². The number of hydrogen-bond acceptors (Lipinski definition) is 6. The molecule has 2 aromatic heterocycles. The smallest absolute Gasteiger partial charge is 0.420 e. The zero-order valence-electron chi connectivity index (χ0n) is 19.4. The minimum Gasteiger partial charge on any atom is -0.453 e. The normalized spacial score (nSPS) is 18.0. The maximum atomic E-state index is 14.0. The van der Waals surface area contributed by atoms with Crippen LogP contribution in [0.15, 0.2) is 24.5 Å². The number of H-pyrrole nitrogens is 1. The van der Waals surface area contributed by atoms with Gasteiger partial charge in [-0.1, -0.05) is 19.9 Å². The van der Waals surface area contributed by atoms with Crippen molar-refractivity contribution >= 4 is 28.6 Å². The van der Waals surface area contributed by atoms with Crippen LogP contribution in [-0.4, -0.2) is 47.3 Å². The first-order valence-electron chi connectivity index (χ1n) is 10.9. The molecule has 1 fully saturated rings. The van der Waals surface area contributed by atoms with Crippen molar-refractivity contribution in [2.24, 2.45) is 5.41 Å². The summed E-state index contributed by atoms with van der Waals surface area (Å²) in [5.41, 5.74) is 0.353. The summed E-state index contributed by atoms with van der Waals surface area (Å²) in [6.07, 6.45) is -1.62. The maximum absolute atomic E-state index is 14.0. The zero-order chi connectivity index (χ0) is 24.7. The molecule has 8 nitrogen and oxygen atoms in total. The van der Waals surface area contributed by atoms with E-state index in [1.807, 2.05) is 0 Å². The summed E-state index contributed by atoms with van der Waals surface area (Å²) >= 11 is 0. The summed E-state index contributed by atoms with van der Waals surface area (Å²) in [6.45, 7) is 7.87. The Kier molecular flexibility index (Phi) is 6.15. The number of amides is 1. The lowest BCUT2D eigenvalue weighted by atomic mass is 9.83. The number of aromatic amines is 1. The number of nitrogens with one attached hydrogen (secondary N) is 4. The molecule has 11 heteroatoms. The van der Waals surface area contributed by atoms with E-state index in [4.69, 9.17) is 0 Å². The van der Waals surface area contributed by atoms with Crippen LogP contribution in [-0.2, 0) is 10.9 Å². The Hall–Kier alpha value is -3.34. The van der Waals surface area contributed by atoms with Gasteiger partial charge in [-0.2, -0.15) is 13.2 Å². The molecule has 1 aliphatic heterocycles. The Morgan fingerprint density at radius 3 is 2.74 bits per heavy atom. The molecule has 4 N–H and O–H groups in total. The fraction of sp³-hybridized carbons (Fsp3) is 0.435. The molecule has 3 heterocycles. The number of ether oxygens (including phenoxy) is 1. The lowest BCUT2D eigenvalue weighted by molar-refractivity contribution is -0.135. The Balaban J connectivity index is 1.74. The minimum absolute atomic E-state index is 0.129. The predicted octanol–water partition coefficient (Wildman–Crippen LogP) is 4.93. The third-order valence-electron chi connectivity index (χ3n) is 5.92. The van der Waals surface area contributed by atoms with Crippen molar-refractivity contribution in [2.45, 2.75) is 39.4 Å². The number of aromatic nitrogens is 3. The van der Waals surface area contributed by atoms with E-state index in [0.717, 1.165) is 32.2 Å². The SMILES string of the molecule is COC(=O)Nc1ccc2c(-c3nc(N[C@@H]4CNCC(C)(C)C4)ncc3C)c[nH]c2c1C(F)(F)F. The first-order chi connectivity index (χ1) is 16.0. The average Bonchev–Trinajstić information content (AvgIpc) is 3.16. The van der Waals surface area contributed by atoms with Gasteiger partial charge in [-0.05, 0) is 30.4 Å². The second-order valence-corrected chi connectivity index (χ2v) is 9.29. The molecule has 3 aromatic rings. The van der Waals surface area contributed by atoms with Gasteiger partial charge < -0.3 is 20.4 Å². The van der Waals surface area contributed by atoms with Gasteiger partial charge in [0.05, 0.1) is 24.0 Å². The standard InChI is InChI=1S/C23H27F3N6O2/c1-12-8-29-20(30-13-7-22(2,3)11-27-9-13)32-18(12)15-10-28-19-14(15)5-6-16(31-21(33)34-4)17(19)23(24,25)26/h5-6,8,10,13,27-28H,7,9,11H2,1-4H3,(H,31,33)(H,29,30,32)/t13-/m0/s1. The van der Waals surface area contributed by atoms with Crippen LogP contribution in [0.2, 0.25) is 0 Å². The summed E-state index contributed by atoms with van der Waals surface area (Å²) in [4.78, 5) is 23.3. The van der Waals surface area contributed by atoms with Crippen LogP contribution in [0.4, 0.5) is 29.6 Å².